The Balaban J connectivity index is 2.03. The number of nitro groups is 1. The minimum Gasteiger partial charge on any atom is -0.461 e. The van der Waals surface area contributed by atoms with Crippen LogP contribution in [0.5, 0.6) is 5.75 Å². The third-order valence-electron chi connectivity index (χ3n) is 4.52. The highest BCUT2D eigenvalue weighted by Gasteiger charge is 2.10. The number of hydrogen-bond donors (Lipinski definition) is 0. The number of non-ortho nitro benzene ring substituents is 1. The molecule has 1 aromatic rings. The summed E-state index contributed by atoms with van der Waals surface area (Å²) < 4.78 is 10.2. The Hall–Kier alpha value is -2.70. The maximum Gasteiger partial charge on any atom is 0.311 e. The molecule has 0 atom stereocenters. The van der Waals surface area contributed by atoms with Gasteiger partial charge in [-0.25, -0.2) is 0 Å². The number of nitrogens with zero attached hydrogens (tertiary/aromatic N) is 1. The average molecular weight is 420 g/mol. The fourth-order valence-corrected chi connectivity index (χ4v) is 2.81. The maximum absolute atomic E-state index is 11.8. The summed E-state index contributed by atoms with van der Waals surface area (Å²) in [7, 11) is 0. The van der Waals surface area contributed by atoms with Crippen molar-refractivity contribution in [2.24, 2.45) is 0 Å². The summed E-state index contributed by atoms with van der Waals surface area (Å²) in [6, 6.07) is 5.26. The van der Waals surface area contributed by atoms with Gasteiger partial charge in [0.2, 0.25) is 0 Å². The van der Waals surface area contributed by atoms with Crippen LogP contribution in [0.4, 0.5) is 5.69 Å². The van der Waals surface area contributed by atoms with Crippen LogP contribution in [0, 0.1) is 10.1 Å². The first-order valence-corrected chi connectivity index (χ1v) is 10.8. The lowest BCUT2D eigenvalue weighted by atomic mass is 10.1. The molecular formula is C23H33NO6. The molecule has 0 aliphatic rings. The SMILES string of the molecule is CCCCCCCCC/C=C/COC(=O)CCCC(=O)Oc1ccc([N+](=O)[O-])cc1. The van der Waals surface area contributed by atoms with E-state index in [1.165, 1.54) is 62.8 Å². The molecule has 0 bridgehead atoms. The minimum absolute atomic E-state index is 0.0696. The van der Waals surface area contributed by atoms with Crippen LogP contribution in [-0.4, -0.2) is 23.5 Å². The van der Waals surface area contributed by atoms with Gasteiger partial charge in [0.1, 0.15) is 12.4 Å². The Labute approximate surface area is 178 Å². The molecule has 166 valence electrons. The quantitative estimate of drug-likeness (QED) is 0.0825. The molecule has 7 nitrogen and oxygen atoms in total. The van der Waals surface area contributed by atoms with Crippen LogP contribution >= 0.6 is 0 Å². The zero-order valence-electron chi connectivity index (χ0n) is 17.8. The molecule has 0 amide bonds. The molecule has 0 fully saturated rings. The molecule has 0 spiro atoms. The summed E-state index contributed by atoms with van der Waals surface area (Å²) in [5.74, 6) is -0.607. The first-order valence-electron chi connectivity index (χ1n) is 10.8. The van der Waals surface area contributed by atoms with Crippen molar-refractivity contribution in [1.29, 1.82) is 0 Å². The molecule has 0 unspecified atom stereocenters. The molecule has 30 heavy (non-hydrogen) atoms. The van der Waals surface area contributed by atoms with E-state index in [2.05, 4.69) is 6.92 Å². The number of carbonyl (C=O) groups excluding carboxylic acids is 2. The number of unbranched alkanes of at least 4 members (excludes halogenated alkanes) is 7. The average Bonchev–Trinajstić information content (AvgIpc) is 2.72. The van der Waals surface area contributed by atoms with Crippen molar-refractivity contribution in [2.75, 3.05) is 6.61 Å². The minimum atomic E-state index is -0.526. The van der Waals surface area contributed by atoms with Crippen molar-refractivity contribution in [1.82, 2.24) is 0 Å². The lowest BCUT2D eigenvalue weighted by Gasteiger charge is -2.04. The highest BCUT2D eigenvalue weighted by Crippen LogP contribution is 2.18. The van der Waals surface area contributed by atoms with Gasteiger partial charge in [-0.05, 0) is 31.4 Å². The monoisotopic (exact) mass is 419 g/mol. The number of hydrogen-bond acceptors (Lipinski definition) is 6. The van der Waals surface area contributed by atoms with Crippen LogP contribution in [0.3, 0.4) is 0 Å². The molecule has 7 heteroatoms. The van der Waals surface area contributed by atoms with Gasteiger partial charge in [-0.1, -0.05) is 57.6 Å². The van der Waals surface area contributed by atoms with E-state index in [9.17, 15) is 19.7 Å². The lowest BCUT2D eigenvalue weighted by molar-refractivity contribution is -0.384. The van der Waals surface area contributed by atoms with E-state index in [1.54, 1.807) is 0 Å². The van der Waals surface area contributed by atoms with E-state index in [0.717, 1.165) is 12.8 Å². The van der Waals surface area contributed by atoms with Crippen molar-refractivity contribution < 1.29 is 24.0 Å². The molecule has 0 aliphatic carbocycles. The molecular weight excluding hydrogens is 386 g/mol. The van der Waals surface area contributed by atoms with E-state index in [-0.39, 0.29) is 36.9 Å². The zero-order chi connectivity index (χ0) is 22.0. The molecule has 1 rings (SSSR count). The second-order valence-corrected chi connectivity index (χ2v) is 7.14. The van der Waals surface area contributed by atoms with Gasteiger partial charge in [0.15, 0.2) is 0 Å². The van der Waals surface area contributed by atoms with Crippen LogP contribution in [0.1, 0.15) is 77.6 Å². The number of esters is 2. The van der Waals surface area contributed by atoms with Crippen LogP contribution in [-0.2, 0) is 14.3 Å². The maximum atomic E-state index is 11.8. The van der Waals surface area contributed by atoms with Gasteiger partial charge >= 0.3 is 11.9 Å². The van der Waals surface area contributed by atoms with Crippen molar-refractivity contribution >= 4 is 17.6 Å². The fraction of sp³-hybridized carbons (Fsp3) is 0.565. The molecule has 0 aliphatic heterocycles. The fourth-order valence-electron chi connectivity index (χ4n) is 2.81. The van der Waals surface area contributed by atoms with Crippen LogP contribution in [0.25, 0.3) is 0 Å². The predicted molar refractivity (Wildman–Crippen MR) is 115 cm³/mol. The van der Waals surface area contributed by atoms with E-state index in [4.69, 9.17) is 9.47 Å². The summed E-state index contributed by atoms with van der Waals surface area (Å²) >= 11 is 0. The van der Waals surface area contributed by atoms with Gasteiger partial charge < -0.3 is 9.47 Å². The summed E-state index contributed by atoms with van der Waals surface area (Å²) in [6.45, 7) is 2.47. The van der Waals surface area contributed by atoms with E-state index >= 15 is 0 Å². The zero-order valence-corrected chi connectivity index (χ0v) is 17.8. The summed E-state index contributed by atoms with van der Waals surface area (Å²) in [5.41, 5.74) is -0.0750. The van der Waals surface area contributed by atoms with E-state index < -0.39 is 10.9 Å². The third kappa shape index (κ3) is 12.7. The third-order valence-corrected chi connectivity index (χ3v) is 4.52. The molecule has 1 aromatic carbocycles. The Bertz CT molecular complexity index is 669. The van der Waals surface area contributed by atoms with Gasteiger partial charge in [0.25, 0.3) is 5.69 Å². The van der Waals surface area contributed by atoms with Crippen LogP contribution in [0.2, 0.25) is 0 Å². The van der Waals surface area contributed by atoms with Gasteiger partial charge in [-0.15, -0.1) is 0 Å². The molecule has 0 saturated carbocycles. The largest absolute Gasteiger partial charge is 0.461 e. The Morgan fingerprint density at radius 1 is 0.900 bits per heavy atom. The summed E-state index contributed by atoms with van der Waals surface area (Å²) in [6.07, 6.45) is 14.4. The predicted octanol–water partition coefficient (Wildman–Crippen LogP) is 5.91. The first kappa shape index (κ1) is 25.3. The number of allylic oxidation sites excluding steroid dienone is 1. The van der Waals surface area contributed by atoms with Crippen molar-refractivity contribution in [3.8, 4) is 5.75 Å². The Kier molecular flexibility index (Phi) is 13.6. The smallest absolute Gasteiger partial charge is 0.311 e. The van der Waals surface area contributed by atoms with Gasteiger partial charge in [-0.2, -0.15) is 0 Å². The second-order valence-electron chi connectivity index (χ2n) is 7.14. The summed E-state index contributed by atoms with van der Waals surface area (Å²) in [5, 5.41) is 10.6. The molecule has 0 aromatic heterocycles. The molecule has 0 radical (unpaired) electrons. The van der Waals surface area contributed by atoms with E-state index in [1.807, 2.05) is 12.2 Å². The van der Waals surface area contributed by atoms with Crippen molar-refractivity contribution in [3.63, 3.8) is 0 Å². The first-order chi connectivity index (χ1) is 14.5. The van der Waals surface area contributed by atoms with Crippen molar-refractivity contribution in [3.05, 3.63) is 46.5 Å². The van der Waals surface area contributed by atoms with E-state index in [0.29, 0.717) is 6.42 Å². The Morgan fingerprint density at radius 3 is 2.20 bits per heavy atom. The topological polar surface area (TPSA) is 95.7 Å². The molecule has 0 heterocycles. The van der Waals surface area contributed by atoms with Gasteiger partial charge in [-0.3, -0.25) is 19.7 Å². The van der Waals surface area contributed by atoms with Gasteiger partial charge in [0, 0.05) is 25.0 Å². The lowest BCUT2D eigenvalue weighted by Crippen LogP contribution is -2.10. The number of nitro benzene ring substituents is 1. The number of benzene rings is 1. The number of rotatable bonds is 16. The molecule has 0 saturated heterocycles. The second kappa shape index (κ2) is 16.1. The van der Waals surface area contributed by atoms with Gasteiger partial charge in [0.05, 0.1) is 4.92 Å². The number of ether oxygens (including phenoxy) is 2. The highest BCUT2D eigenvalue weighted by atomic mass is 16.6. The normalized spacial score (nSPS) is 10.8. The van der Waals surface area contributed by atoms with Crippen molar-refractivity contribution in [2.45, 2.75) is 77.6 Å². The Morgan fingerprint density at radius 2 is 1.53 bits per heavy atom. The van der Waals surface area contributed by atoms with Crippen LogP contribution in [0.15, 0.2) is 36.4 Å². The highest BCUT2D eigenvalue weighted by molar-refractivity contribution is 5.74. The number of carbonyl (C=O) groups is 2. The molecule has 0 N–H and O–H groups in total. The summed E-state index contributed by atoms with van der Waals surface area (Å²) in [4.78, 5) is 33.5. The van der Waals surface area contributed by atoms with Crippen LogP contribution < -0.4 is 4.74 Å². The standard InChI is InChI=1S/C23H33NO6/c1-2-3-4-5-6-7-8-9-10-11-19-29-22(25)13-12-14-23(26)30-21-17-15-20(16-18-21)24(27)28/h10-11,15-18H,2-9,12-14,19H2,1H3/b11-10+.